The van der Waals surface area contributed by atoms with Gasteiger partial charge in [-0.2, -0.15) is 0 Å². The van der Waals surface area contributed by atoms with E-state index in [-0.39, 0.29) is 17.5 Å². The first-order valence-electron chi connectivity index (χ1n) is 9.18. The van der Waals surface area contributed by atoms with Crippen LogP contribution in [0.15, 0.2) is 42.5 Å². The highest BCUT2D eigenvalue weighted by Crippen LogP contribution is 2.21. The van der Waals surface area contributed by atoms with Crippen molar-refractivity contribution in [1.29, 1.82) is 0 Å². The lowest BCUT2D eigenvalue weighted by Crippen LogP contribution is -2.23. The molecule has 2 aromatic carbocycles. The maximum absolute atomic E-state index is 13.7. The van der Waals surface area contributed by atoms with E-state index in [2.05, 4.69) is 29.4 Å². The summed E-state index contributed by atoms with van der Waals surface area (Å²) in [6.07, 6.45) is 2.26. The molecule has 0 aliphatic carbocycles. The number of amides is 2. The van der Waals surface area contributed by atoms with Gasteiger partial charge in [-0.05, 0) is 55.8 Å². The average molecular weight is 371 g/mol. The number of rotatable bonds is 8. The fraction of sp³-hybridized carbons (Fsp3) is 0.333. The molecule has 5 nitrogen and oxygen atoms in total. The summed E-state index contributed by atoms with van der Waals surface area (Å²) in [4.78, 5) is 25.8. The van der Waals surface area contributed by atoms with Gasteiger partial charge in [-0.25, -0.2) is 4.39 Å². The first-order valence-corrected chi connectivity index (χ1v) is 9.18. The number of unbranched alkanes of at least 4 members (excludes halogenated alkanes) is 1. The Bertz CT molecular complexity index is 791. The minimum Gasteiger partial charge on any atom is -0.372 e. The lowest BCUT2D eigenvalue weighted by atomic mass is 10.1. The van der Waals surface area contributed by atoms with Crippen molar-refractivity contribution >= 4 is 28.9 Å². The van der Waals surface area contributed by atoms with Crippen LogP contribution in [0.1, 0.15) is 44.0 Å². The number of nitrogens with one attached hydrogen (secondary N) is 2. The maximum atomic E-state index is 13.7. The molecule has 144 valence electrons. The number of nitrogens with zero attached hydrogens (tertiary/aromatic N) is 1. The average Bonchev–Trinajstić information content (AvgIpc) is 2.65. The van der Waals surface area contributed by atoms with Crippen molar-refractivity contribution < 1.29 is 14.0 Å². The van der Waals surface area contributed by atoms with E-state index in [9.17, 15) is 14.0 Å². The first kappa shape index (κ1) is 20.4. The molecule has 6 heteroatoms. The number of carbonyl (C=O) groups is 2. The molecule has 2 rings (SSSR count). The fourth-order valence-electron chi connectivity index (χ4n) is 2.73. The smallest absolute Gasteiger partial charge is 0.255 e. The number of anilines is 3. The minimum absolute atomic E-state index is 0.0326. The Morgan fingerprint density at radius 3 is 2.33 bits per heavy atom. The van der Waals surface area contributed by atoms with Crippen LogP contribution in [0, 0.1) is 5.82 Å². The van der Waals surface area contributed by atoms with Gasteiger partial charge < -0.3 is 15.5 Å². The van der Waals surface area contributed by atoms with Gasteiger partial charge in [-0.3, -0.25) is 9.59 Å². The molecule has 0 unspecified atom stereocenters. The molecule has 0 atom stereocenters. The third-order valence-corrected chi connectivity index (χ3v) is 4.19. The molecule has 27 heavy (non-hydrogen) atoms. The minimum atomic E-state index is -0.556. The van der Waals surface area contributed by atoms with Crippen molar-refractivity contribution in [1.82, 2.24) is 0 Å². The van der Waals surface area contributed by atoms with E-state index in [1.807, 2.05) is 12.1 Å². The van der Waals surface area contributed by atoms with Crippen LogP contribution in [-0.4, -0.2) is 24.9 Å². The summed E-state index contributed by atoms with van der Waals surface area (Å²) in [6, 6.07) is 11.5. The number of hydrogen-bond donors (Lipinski definition) is 2. The molecule has 0 aromatic heterocycles. The number of carbonyl (C=O) groups excluding carboxylic acids is 2. The molecule has 0 aliphatic heterocycles. The van der Waals surface area contributed by atoms with Gasteiger partial charge >= 0.3 is 0 Å². The zero-order valence-corrected chi connectivity index (χ0v) is 16.0. The molecule has 2 N–H and O–H groups in total. The Balaban J connectivity index is 2.09. The van der Waals surface area contributed by atoms with Crippen molar-refractivity contribution in [2.45, 2.75) is 33.6 Å². The Labute approximate surface area is 159 Å². The van der Waals surface area contributed by atoms with Crippen LogP contribution in [0.2, 0.25) is 0 Å². The second-order valence-electron chi connectivity index (χ2n) is 6.31. The molecule has 0 aliphatic rings. The van der Waals surface area contributed by atoms with Crippen LogP contribution >= 0.6 is 0 Å². The summed E-state index contributed by atoms with van der Waals surface area (Å²) in [7, 11) is 0. The summed E-state index contributed by atoms with van der Waals surface area (Å²) in [6.45, 7) is 7.46. The molecule has 0 saturated heterocycles. The molecule has 0 radical (unpaired) electrons. The monoisotopic (exact) mass is 371 g/mol. The maximum Gasteiger partial charge on any atom is 0.255 e. The van der Waals surface area contributed by atoms with Crippen molar-refractivity contribution in [3.05, 3.63) is 53.8 Å². The lowest BCUT2D eigenvalue weighted by molar-refractivity contribution is -0.114. The number of halogens is 1. The molecule has 2 amide bonds. The Morgan fingerprint density at radius 1 is 1.04 bits per heavy atom. The van der Waals surface area contributed by atoms with E-state index in [1.54, 1.807) is 12.1 Å². The van der Waals surface area contributed by atoms with Gasteiger partial charge in [0.25, 0.3) is 5.91 Å². The van der Waals surface area contributed by atoms with Crippen molar-refractivity contribution in [3.8, 4) is 0 Å². The van der Waals surface area contributed by atoms with E-state index in [1.165, 1.54) is 25.1 Å². The van der Waals surface area contributed by atoms with Crippen LogP contribution < -0.4 is 15.5 Å². The van der Waals surface area contributed by atoms with Crippen LogP contribution in [-0.2, 0) is 4.79 Å². The van der Waals surface area contributed by atoms with Crippen LogP contribution in [0.25, 0.3) is 0 Å². The zero-order valence-electron chi connectivity index (χ0n) is 16.0. The van der Waals surface area contributed by atoms with Crippen molar-refractivity contribution in [3.63, 3.8) is 0 Å². The zero-order chi connectivity index (χ0) is 19.8. The first-order chi connectivity index (χ1) is 12.9. The Hall–Kier alpha value is -2.89. The normalized spacial score (nSPS) is 10.4. The van der Waals surface area contributed by atoms with Gasteiger partial charge in [0.05, 0.1) is 5.69 Å². The Kier molecular flexibility index (Phi) is 7.34. The van der Waals surface area contributed by atoms with Crippen LogP contribution in [0.4, 0.5) is 21.5 Å². The Morgan fingerprint density at radius 2 is 1.74 bits per heavy atom. The van der Waals surface area contributed by atoms with Gasteiger partial charge in [0.2, 0.25) is 5.91 Å². The summed E-state index contributed by atoms with van der Waals surface area (Å²) in [5.41, 5.74) is 2.03. The van der Waals surface area contributed by atoms with E-state index < -0.39 is 5.82 Å². The van der Waals surface area contributed by atoms with E-state index in [0.29, 0.717) is 11.3 Å². The van der Waals surface area contributed by atoms with Gasteiger partial charge in [-0.15, -0.1) is 0 Å². The molecule has 0 spiro atoms. The van der Waals surface area contributed by atoms with Crippen LogP contribution in [0.5, 0.6) is 0 Å². The summed E-state index contributed by atoms with van der Waals surface area (Å²) in [5.74, 6) is -1.23. The van der Waals surface area contributed by atoms with Gasteiger partial charge in [-0.1, -0.05) is 13.3 Å². The van der Waals surface area contributed by atoms with Crippen molar-refractivity contribution in [2.75, 3.05) is 28.6 Å². The second-order valence-corrected chi connectivity index (χ2v) is 6.31. The topological polar surface area (TPSA) is 61.4 Å². The molecule has 2 aromatic rings. The van der Waals surface area contributed by atoms with E-state index in [0.717, 1.165) is 31.6 Å². The molecular weight excluding hydrogens is 345 g/mol. The standard InChI is InChI=1S/C21H26FN3O2/c1-4-6-13-25(5-2)18-10-7-16(8-11-18)21(27)24-17-9-12-19(22)20(14-17)23-15(3)26/h7-12,14H,4-6,13H2,1-3H3,(H,23,26)(H,24,27). The third kappa shape index (κ3) is 5.81. The van der Waals surface area contributed by atoms with Gasteiger partial charge in [0.1, 0.15) is 5.82 Å². The highest BCUT2D eigenvalue weighted by molar-refractivity contribution is 6.04. The van der Waals surface area contributed by atoms with Gasteiger partial charge in [0.15, 0.2) is 0 Å². The second kappa shape index (κ2) is 9.71. The molecule has 0 bridgehead atoms. The molecule has 0 saturated carbocycles. The van der Waals surface area contributed by atoms with Crippen molar-refractivity contribution in [2.24, 2.45) is 0 Å². The molecular formula is C21H26FN3O2. The van der Waals surface area contributed by atoms with E-state index >= 15 is 0 Å². The lowest BCUT2D eigenvalue weighted by Gasteiger charge is -2.23. The van der Waals surface area contributed by atoms with E-state index in [4.69, 9.17) is 0 Å². The summed E-state index contributed by atoms with van der Waals surface area (Å²) in [5, 5.41) is 5.12. The number of benzene rings is 2. The SMILES string of the molecule is CCCCN(CC)c1ccc(C(=O)Nc2ccc(F)c(NC(C)=O)c2)cc1. The van der Waals surface area contributed by atoms with Gasteiger partial charge in [0, 0.05) is 37.0 Å². The third-order valence-electron chi connectivity index (χ3n) is 4.19. The fourth-order valence-corrected chi connectivity index (χ4v) is 2.73. The predicted octanol–water partition coefficient (Wildman–Crippen LogP) is 4.66. The summed E-state index contributed by atoms with van der Waals surface area (Å²) >= 11 is 0. The predicted molar refractivity (Wildman–Crippen MR) is 108 cm³/mol. The summed E-state index contributed by atoms with van der Waals surface area (Å²) < 4.78 is 13.7. The highest BCUT2D eigenvalue weighted by Gasteiger charge is 2.11. The quantitative estimate of drug-likeness (QED) is 0.709. The molecule has 0 heterocycles. The largest absolute Gasteiger partial charge is 0.372 e. The van der Waals surface area contributed by atoms with Crippen LogP contribution in [0.3, 0.4) is 0 Å². The molecule has 0 fully saturated rings. The number of hydrogen-bond acceptors (Lipinski definition) is 3. The highest BCUT2D eigenvalue weighted by atomic mass is 19.1.